The van der Waals surface area contributed by atoms with Gasteiger partial charge in [-0.1, -0.05) is 0 Å². The SMILES string of the molecule is COc1cc(OC)c(C23c4c5c6c7c8c9c(c%10c%11c2c2c4c4c%12c5c5c6c6c8c8c%13c9c9c%10c%10c%11c%11c2c2c4c4c%12c%12c5c5c6c8c6c8c%13c9c9c%10c%10c%11c2c2c4c4c%12c5c6c5c8c9c%10c2c45)C73)c(OC)c1. The van der Waals surface area contributed by atoms with E-state index in [-0.39, 0.29) is 5.92 Å². The van der Waals surface area contributed by atoms with Gasteiger partial charge >= 0.3 is 0 Å². The Morgan fingerprint density at radius 1 is 0.222 bits per heavy atom. The number of ether oxygens (including phenoxy) is 3. The van der Waals surface area contributed by atoms with Crippen molar-refractivity contribution in [2.45, 2.75) is 11.3 Å². The minimum absolute atomic E-state index is 0.0410. The lowest BCUT2D eigenvalue weighted by Gasteiger charge is -2.46. The topological polar surface area (TPSA) is 27.7 Å². The van der Waals surface area contributed by atoms with Gasteiger partial charge in [-0.2, -0.15) is 0 Å². The van der Waals surface area contributed by atoms with Crippen LogP contribution in [-0.4, -0.2) is 21.3 Å². The van der Waals surface area contributed by atoms with E-state index < -0.39 is 5.41 Å². The third-order valence-electron chi connectivity index (χ3n) is 25.2. The summed E-state index contributed by atoms with van der Waals surface area (Å²) in [5.41, 5.74) is 6.98. The van der Waals surface area contributed by atoms with Crippen molar-refractivity contribution in [1.29, 1.82) is 0 Å². The molecule has 0 amide bonds. The molecule has 0 bridgehead atoms. The average molecular weight is 889 g/mol. The zero-order chi connectivity index (χ0) is 43.4. The van der Waals surface area contributed by atoms with E-state index in [0.717, 1.165) is 17.2 Å². The molecule has 306 valence electrons. The van der Waals surface area contributed by atoms with E-state index in [0.29, 0.717) is 0 Å². The third kappa shape index (κ3) is 1.49. The maximum Gasteiger partial charge on any atom is 0.130 e. The van der Waals surface area contributed by atoms with Gasteiger partial charge in [0, 0.05) is 18.1 Å². The van der Waals surface area contributed by atoms with E-state index in [1.807, 2.05) is 14.2 Å². The summed E-state index contributed by atoms with van der Waals surface area (Å²) in [6, 6.07) is 4.40. The smallest absolute Gasteiger partial charge is 0.130 e. The summed E-state index contributed by atoms with van der Waals surface area (Å²) >= 11 is 0. The fraction of sp³-hybridized carbons (Fsp3) is 0.0725. The molecular weight excluding hydrogens is 877 g/mol. The Labute approximate surface area is 392 Å². The first-order chi connectivity index (χ1) is 35.8. The lowest BCUT2D eigenvalue weighted by Crippen LogP contribution is -2.39. The Hall–Kier alpha value is -8.92. The third-order valence-corrected chi connectivity index (χ3v) is 25.2. The molecule has 0 heterocycles. The molecule has 33 rings (SSSR count). The van der Waals surface area contributed by atoms with Crippen LogP contribution in [-0.2, 0) is 5.41 Å². The second kappa shape index (κ2) is 6.34. The van der Waals surface area contributed by atoms with Crippen molar-refractivity contribution in [1.82, 2.24) is 0 Å². The molecule has 0 fully saturated rings. The van der Waals surface area contributed by atoms with Crippen LogP contribution in [0.1, 0.15) is 33.7 Å². The molecule has 0 N–H and O–H groups in total. The minimum atomic E-state index is -0.631. The zero-order valence-electron chi connectivity index (χ0n) is 37.5. The van der Waals surface area contributed by atoms with Crippen molar-refractivity contribution in [3.05, 3.63) is 39.9 Å². The largest absolute Gasteiger partial charge is 0.496 e. The van der Waals surface area contributed by atoms with Crippen molar-refractivity contribution in [2.24, 2.45) is 0 Å². The summed E-state index contributed by atoms with van der Waals surface area (Å²) in [5, 5.41) is 86.9. The Kier molecular flexibility index (Phi) is 2.42. The van der Waals surface area contributed by atoms with Crippen molar-refractivity contribution in [3.8, 4) is 17.2 Å². The molecule has 0 aliphatic heterocycles. The summed E-state index contributed by atoms with van der Waals surface area (Å²) in [6.07, 6.45) is 0. The van der Waals surface area contributed by atoms with Crippen LogP contribution in [0.25, 0.3) is 291 Å². The van der Waals surface area contributed by atoms with Gasteiger partial charge in [0.15, 0.2) is 0 Å². The summed E-state index contributed by atoms with van der Waals surface area (Å²) in [5.74, 6) is 2.57. The molecule has 0 aromatic heterocycles. The van der Waals surface area contributed by atoms with Crippen LogP contribution in [0.5, 0.6) is 17.2 Å². The van der Waals surface area contributed by atoms with Crippen LogP contribution in [0.15, 0.2) is 12.1 Å². The monoisotopic (exact) mass is 888 g/mol. The van der Waals surface area contributed by atoms with Crippen LogP contribution in [0, 0.1) is 0 Å². The molecule has 0 saturated carbocycles. The minimum Gasteiger partial charge on any atom is -0.496 e. The summed E-state index contributed by atoms with van der Waals surface area (Å²) < 4.78 is 20.0. The van der Waals surface area contributed by atoms with E-state index >= 15 is 0 Å². The molecule has 0 spiro atoms. The Balaban J connectivity index is 1.18. The van der Waals surface area contributed by atoms with Gasteiger partial charge < -0.3 is 14.2 Å². The Morgan fingerprint density at radius 3 is 0.611 bits per heavy atom. The van der Waals surface area contributed by atoms with Gasteiger partial charge in [0.05, 0.1) is 32.3 Å². The highest BCUT2D eigenvalue weighted by molar-refractivity contribution is 6.82. The van der Waals surface area contributed by atoms with Crippen molar-refractivity contribution >= 4 is 291 Å². The summed E-state index contributed by atoms with van der Waals surface area (Å²) in [7, 11) is 5.60. The molecule has 72 heavy (non-hydrogen) atoms. The highest BCUT2D eigenvalue weighted by Gasteiger charge is 2.65. The van der Waals surface area contributed by atoms with E-state index in [1.54, 1.807) is 320 Å². The molecule has 4 aliphatic carbocycles. The van der Waals surface area contributed by atoms with Crippen molar-refractivity contribution in [2.75, 3.05) is 21.3 Å². The van der Waals surface area contributed by atoms with Gasteiger partial charge in [-0.3, -0.25) is 0 Å². The maximum atomic E-state index is 6.92. The van der Waals surface area contributed by atoms with Crippen molar-refractivity contribution in [3.63, 3.8) is 0 Å². The molecule has 0 atom stereocenters. The quantitative estimate of drug-likeness (QED) is 0.165. The summed E-state index contributed by atoms with van der Waals surface area (Å²) in [6.45, 7) is 0. The number of hydrogen-bond donors (Lipinski definition) is 0. The predicted octanol–water partition coefficient (Wildman–Crippen LogP) is 18.2. The standard InChI is InChI=1S/C69H12O3/c1-70-6-4-7(71-2)65(8(5-6)72-3)69-66-61-55-41-33-25-13-10-9-11-14(13)26-28-24-18(11)20-16-12(9)15-19-17(10)23-27(25)39(41)47-45-31(23)29(19)37-35-21(15)22(16)36-38-30(20)32(24)46-48-40(28)42(34(26)33)56(55)62(66)58(48)60-52(46)50(38)54-44(36)43(35)53-49(37)51(45)59(57(47)61)67(69)63(53)64(54)68(60)69/h4-5,66H,1-3H3. The Bertz CT molecular complexity index is 7210. The second-order valence-corrected chi connectivity index (χ2v) is 25.5. The van der Waals surface area contributed by atoms with Gasteiger partial charge in [-0.25, -0.2) is 0 Å². The van der Waals surface area contributed by atoms with Gasteiger partial charge in [0.1, 0.15) is 17.2 Å². The Morgan fingerprint density at radius 2 is 0.403 bits per heavy atom. The van der Waals surface area contributed by atoms with Crippen LogP contribution < -0.4 is 14.2 Å². The van der Waals surface area contributed by atoms with Gasteiger partial charge in [-0.15, -0.1) is 0 Å². The average Bonchev–Trinajstić information content (AvgIpc) is 4.33. The normalized spacial score (nSPS) is 20.3. The molecule has 4 aliphatic rings. The first kappa shape index (κ1) is 27.5. The fourth-order valence-electron chi connectivity index (χ4n) is 25.0. The van der Waals surface area contributed by atoms with E-state index in [9.17, 15) is 0 Å². The first-order valence-corrected chi connectivity index (χ1v) is 26.4. The first-order valence-electron chi connectivity index (χ1n) is 26.4. The molecule has 0 radical (unpaired) electrons. The number of rotatable bonds is 4. The van der Waals surface area contributed by atoms with E-state index in [1.165, 1.54) is 5.56 Å². The van der Waals surface area contributed by atoms with Crippen molar-refractivity contribution < 1.29 is 14.2 Å². The predicted molar refractivity (Wildman–Crippen MR) is 300 cm³/mol. The molecule has 3 heteroatoms. The zero-order valence-corrected chi connectivity index (χ0v) is 37.5. The molecule has 0 unspecified atom stereocenters. The lowest BCUT2D eigenvalue weighted by molar-refractivity contribution is 0.356. The van der Waals surface area contributed by atoms with E-state index in [2.05, 4.69) is 12.1 Å². The summed E-state index contributed by atoms with van der Waals surface area (Å²) in [4.78, 5) is 0. The number of hydrogen-bond acceptors (Lipinski definition) is 3. The second-order valence-electron chi connectivity index (χ2n) is 25.5. The lowest BCUT2D eigenvalue weighted by atomic mass is 9.54. The van der Waals surface area contributed by atoms with Gasteiger partial charge in [-0.05, 0) is 313 Å². The van der Waals surface area contributed by atoms with Crippen LogP contribution in [0.3, 0.4) is 0 Å². The van der Waals surface area contributed by atoms with Crippen LogP contribution in [0.2, 0.25) is 0 Å². The molecule has 29 aromatic carbocycles. The molecule has 29 aromatic rings. The fourth-order valence-corrected chi connectivity index (χ4v) is 25.0. The van der Waals surface area contributed by atoms with E-state index in [4.69, 9.17) is 14.2 Å². The number of methoxy groups -OCH3 is 3. The highest BCUT2D eigenvalue weighted by atomic mass is 16.5. The van der Waals surface area contributed by atoms with Crippen LogP contribution in [0.4, 0.5) is 0 Å². The highest BCUT2D eigenvalue weighted by Crippen LogP contribution is 2.84. The maximum absolute atomic E-state index is 6.92. The number of benzene rings is 19. The van der Waals surface area contributed by atoms with Gasteiger partial charge in [0.25, 0.3) is 0 Å². The molecule has 3 nitrogen and oxygen atoms in total. The van der Waals surface area contributed by atoms with Gasteiger partial charge in [0.2, 0.25) is 0 Å². The van der Waals surface area contributed by atoms with Crippen LogP contribution >= 0.6 is 0 Å². The molecular formula is C69H12O3. The molecule has 0 saturated heterocycles.